The summed E-state index contributed by atoms with van der Waals surface area (Å²) in [4.78, 5) is 26.8. The van der Waals surface area contributed by atoms with Crippen LogP contribution in [0.15, 0.2) is 60.7 Å². The Balaban J connectivity index is 1.81. The summed E-state index contributed by atoms with van der Waals surface area (Å²) in [5.41, 5.74) is 8.39. The van der Waals surface area contributed by atoms with Crippen molar-refractivity contribution >= 4 is 23.3 Å². The Morgan fingerprint density at radius 1 is 1.09 bits per heavy atom. The number of carboxylic acids is 1. The molecule has 0 aliphatic carbocycles. The maximum absolute atomic E-state index is 13.3. The van der Waals surface area contributed by atoms with Crippen molar-refractivity contribution in [3.63, 3.8) is 0 Å². The first-order chi connectivity index (χ1) is 15.9. The van der Waals surface area contributed by atoms with Gasteiger partial charge >= 0.3 is 5.97 Å². The number of benzene rings is 3. The lowest BCUT2D eigenvalue weighted by Crippen LogP contribution is -2.43. The van der Waals surface area contributed by atoms with Gasteiger partial charge < -0.3 is 20.3 Å². The number of para-hydroxylation sites is 2. The van der Waals surface area contributed by atoms with Crippen LogP contribution in [0.1, 0.15) is 34.8 Å². The van der Waals surface area contributed by atoms with Gasteiger partial charge in [-0.2, -0.15) is 0 Å². The molecule has 0 radical (unpaired) electrons. The molecule has 1 aliphatic heterocycles. The Kier molecular flexibility index (Phi) is 6.33. The SMILES string of the molecule is CCC1Oc2ccccc2N(c2ccc(C(=O)O)c(Oc3ccc(CCN)cc3)c2C)C1=O. The molecule has 1 aliphatic rings. The number of carbonyl (C=O) groups is 2. The van der Waals surface area contributed by atoms with E-state index in [-0.39, 0.29) is 17.2 Å². The first-order valence-electron chi connectivity index (χ1n) is 10.9. The average Bonchev–Trinajstić information content (AvgIpc) is 2.81. The third-order valence-electron chi connectivity index (χ3n) is 5.67. The summed E-state index contributed by atoms with van der Waals surface area (Å²) in [6, 6.07) is 17.8. The van der Waals surface area contributed by atoms with Gasteiger partial charge in [0.2, 0.25) is 0 Å². The van der Waals surface area contributed by atoms with Gasteiger partial charge in [0, 0.05) is 5.56 Å². The Morgan fingerprint density at radius 2 is 1.82 bits per heavy atom. The summed E-state index contributed by atoms with van der Waals surface area (Å²) in [5, 5.41) is 9.78. The summed E-state index contributed by atoms with van der Waals surface area (Å²) in [5.74, 6) is -0.0299. The highest BCUT2D eigenvalue weighted by Gasteiger charge is 2.35. The first-order valence-corrected chi connectivity index (χ1v) is 10.9. The molecule has 1 heterocycles. The minimum Gasteiger partial charge on any atom is -0.478 e. The van der Waals surface area contributed by atoms with Gasteiger partial charge in [-0.15, -0.1) is 0 Å². The number of aromatic carboxylic acids is 1. The predicted molar refractivity (Wildman–Crippen MR) is 126 cm³/mol. The van der Waals surface area contributed by atoms with Gasteiger partial charge in [-0.1, -0.05) is 31.2 Å². The van der Waals surface area contributed by atoms with Gasteiger partial charge in [0.1, 0.15) is 22.8 Å². The molecule has 0 bridgehead atoms. The van der Waals surface area contributed by atoms with Crippen molar-refractivity contribution in [3.8, 4) is 17.2 Å². The van der Waals surface area contributed by atoms with E-state index in [9.17, 15) is 14.7 Å². The molecule has 0 fully saturated rings. The molecule has 33 heavy (non-hydrogen) atoms. The Morgan fingerprint density at radius 3 is 2.48 bits per heavy atom. The monoisotopic (exact) mass is 446 g/mol. The highest BCUT2D eigenvalue weighted by atomic mass is 16.5. The predicted octanol–water partition coefficient (Wildman–Crippen LogP) is 4.82. The molecular formula is C26H26N2O5. The minimum absolute atomic E-state index is 0.0170. The number of amides is 1. The second-order valence-electron chi connectivity index (χ2n) is 7.83. The molecular weight excluding hydrogens is 420 g/mol. The highest BCUT2D eigenvalue weighted by Crippen LogP contribution is 2.43. The van der Waals surface area contributed by atoms with Crippen molar-refractivity contribution in [2.45, 2.75) is 32.8 Å². The van der Waals surface area contributed by atoms with Crippen LogP contribution >= 0.6 is 0 Å². The number of anilines is 2. The zero-order chi connectivity index (χ0) is 23.5. The van der Waals surface area contributed by atoms with Crippen molar-refractivity contribution in [2.75, 3.05) is 11.4 Å². The molecule has 0 spiro atoms. The van der Waals surface area contributed by atoms with Crippen LogP contribution < -0.4 is 20.1 Å². The molecule has 1 atom stereocenters. The van der Waals surface area contributed by atoms with E-state index in [1.54, 1.807) is 36.1 Å². The smallest absolute Gasteiger partial charge is 0.339 e. The van der Waals surface area contributed by atoms with E-state index in [0.29, 0.717) is 41.4 Å². The topological polar surface area (TPSA) is 102 Å². The summed E-state index contributed by atoms with van der Waals surface area (Å²) >= 11 is 0. The molecule has 7 nitrogen and oxygen atoms in total. The second-order valence-corrected chi connectivity index (χ2v) is 7.83. The van der Waals surface area contributed by atoms with Crippen LogP contribution in [0.25, 0.3) is 0 Å². The van der Waals surface area contributed by atoms with Gasteiger partial charge in [0.05, 0.1) is 11.4 Å². The van der Waals surface area contributed by atoms with Crippen molar-refractivity contribution in [2.24, 2.45) is 5.73 Å². The lowest BCUT2D eigenvalue weighted by atomic mass is 10.0. The highest BCUT2D eigenvalue weighted by molar-refractivity contribution is 6.07. The molecule has 3 aromatic carbocycles. The van der Waals surface area contributed by atoms with Gasteiger partial charge in [-0.25, -0.2) is 4.79 Å². The van der Waals surface area contributed by atoms with Gasteiger partial charge in [-0.05, 0) is 68.3 Å². The first kappa shape index (κ1) is 22.4. The molecule has 4 rings (SSSR count). The average molecular weight is 447 g/mol. The molecule has 1 amide bonds. The maximum atomic E-state index is 13.3. The number of carbonyl (C=O) groups excluding carboxylic acids is 1. The fraction of sp³-hybridized carbons (Fsp3) is 0.231. The number of ether oxygens (including phenoxy) is 2. The molecule has 0 aromatic heterocycles. The third kappa shape index (κ3) is 4.27. The standard InChI is InChI=1S/C26H26N2O5/c1-3-22-25(29)28(21-6-4-5-7-23(21)33-22)20-13-12-19(26(30)31)24(16(20)2)32-18-10-8-17(9-11-18)14-15-27/h4-13,22H,3,14-15,27H2,1-2H3,(H,30,31). The van der Waals surface area contributed by atoms with Crippen LogP contribution in [-0.4, -0.2) is 29.6 Å². The molecule has 0 saturated carbocycles. The largest absolute Gasteiger partial charge is 0.478 e. The number of nitrogens with zero attached hydrogens (tertiary/aromatic N) is 1. The lowest BCUT2D eigenvalue weighted by molar-refractivity contribution is -0.125. The zero-order valence-corrected chi connectivity index (χ0v) is 18.6. The summed E-state index contributed by atoms with van der Waals surface area (Å²) in [6.45, 7) is 4.18. The van der Waals surface area contributed by atoms with Crippen molar-refractivity contribution in [1.29, 1.82) is 0 Å². The number of carboxylic acid groups (broad SMARTS) is 1. The van der Waals surface area contributed by atoms with Gasteiger partial charge in [0.25, 0.3) is 5.91 Å². The van der Waals surface area contributed by atoms with Crippen molar-refractivity contribution < 1.29 is 24.2 Å². The van der Waals surface area contributed by atoms with Crippen LogP contribution in [-0.2, 0) is 11.2 Å². The van der Waals surface area contributed by atoms with E-state index in [1.165, 1.54) is 6.07 Å². The van der Waals surface area contributed by atoms with Crippen LogP contribution in [0.5, 0.6) is 17.2 Å². The summed E-state index contributed by atoms with van der Waals surface area (Å²) < 4.78 is 11.9. The van der Waals surface area contributed by atoms with Crippen LogP contribution in [0.3, 0.4) is 0 Å². The summed E-state index contributed by atoms with van der Waals surface area (Å²) in [6.07, 6.45) is 0.624. The van der Waals surface area contributed by atoms with Crippen LogP contribution in [0.4, 0.5) is 11.4 Å². The number of fused-ring (bicyclic) bond motifs is 1. The minimum atomic E-state index is -1.11. The lowest BCUT2D eigenvalue weighted by Gasteiger charge is -2.35. The zero-order valence-electron chi connectivity index (χ0n) is 18.6. The van der Waals surface area contributed by atoms with E-state index >= 15 is 0 Å². The van der Waals surface area contributed by atoms with Crippen molar-refractivity contribution in [3.05, 3.63) is 77.4 Å². The van der Waals surface area contributed by atoms with Crippen LogP contribution in [0.2, 0.25) is 0 Å². The molecule has 3 N–H and O–H groups in total. The number of hydrogen-bond donors (Lipinski definition) is 2. The van der Waals surface area contributed by atoms with E-state index in [2.05, 4.69) is 0 Å². The summed E-state index contributed by atoms with van der Waals surface area (Å²) in [7, 11) is 0. The molecule has 170 valence electrons. The van der Waals surface area contributed by atoms with Crippen molar-refractivity contribution in [1.82, 2.24) is 0 Å². The fourth-order valence-electron chi connectivity index (χ4n) is 3.95. The molecule has 7 heteroatoms. The normalized spacial score (nSPS) is 15.1. The molecule has 3 aromatic rings. The molecule has 1 unspecified atom stereocenters. The Bertz CT molecular complexity index is 1190. The Labute approximate surface area is 192 Å². The quantitative estimate of drug-likeness (QED) is 0.539. The van der Waals surface area contributed by atoms with E-state index < -0.39 is 12.1 Å². The van der Waals surface area contributed by atoms with Gasteiger partial charge in [-0.3, -0.25) is 9.69 Å². The van der Waals surface area contributed by atoms with Gasteiger partial charge in [0.15, 0.2) is 6.10 Å². The van der Waals surface area contributed by atoms with Crippen LogP contribution in [0, 0.1) is 6.92 Å². The Hall–Kier alpha value is -3.84. The number of nitrogens with two attached hydrogens (primary N) is 1. The third-order valence-corrected chi connectivity index (χ3v) is 5.67. The second kappa shape index (κ2) is 9.34. The fourth-order valence-corrected chi connectivity index (χ4v) is 3.95. The maximum Gasteiger partial charge on any atom is 0.339 e. The van der Waals surface area contributed by atoms with E-state index in [4.69, 9.17) is 15.2 Å². The number of rotatable bonds is 7. The molecule has 0 saturated heterocycles. The van der Waals surface area contributed by atoms with E-state index in [0.717, 1.165) is 12.0 Å². The number of hydrogen-bond acceptors (Lipinski definition) is 5. The van der Waals surface area contributed by atoms with E-state index in [1.807, 2.05) is 37.3 Å².